The van der Waals surface area contributed by atoms with E-state index >= 15 is 0 Å². The first-order valence-corrected chi connectivity index (χ1v) is 6.26. The predicted octanol–water partition coefficient (Wildman–Crippen LogP) is 1.84. The maximum Gasteiger partial charge on any atom is 0.253 e. The number of hydrogen-bond acceptors (Lipinski definition) is 3. The maximum atomic E-state index is 13.6. The smallest absolute Gasteiger partial charge is 0.253 e. The fourth-order valence-corrected chi connectivity index (χ4v) is 2.06. The molecule has 0 aliphatic carbocycles. The fraction of sp³-hybridized carbons (Fsp3) is 0.286. The van der Waals surface area contributed by atoms with Crippen molar-refractivity contribution < 1.29 is 9.18 Å². The Balaban J connectivity index is 2.13. The van der Waals surface area contributed by atoms with Gasteiger partial charge in [-0.25, -0.2) is 4.39 Å². The van der Waals surface area contributed by atoms with Crippen LogP contribution in [0.3, 0.4) is 0 Å². The van der Waals surface area contributed by atoms with E-state index in [9.17, 15) is 9.18 Å². The third-order valence-electron chi connectivity index (χ3n) is 3.06. The molecular formula is C14H17FN4O. The van der Waals surface area contributed by atoms with Gasteiger partial charge in [-0.3, -0.25) is 9.48 Å². The number of benzene rings is 1. The molecule has 1 aromatic heterocycles. The number of para-hydroxylation sites is 1. The summed E-state index contributed by atoms with van der Waals surface area (Å²) in [5.74, 6) is -0.769. The number of amides is 1. The molecule has 2 rings (SSSR count). The van der Waals surface area contributed by atoms with E-state index in [1.165, 1.54) is 12.1 Å². The van der Waals surface area contributed by atoms with Crippen LogP contribution in [-0.4, -0.2) is 22.7 Å². The van der Waals surface area contributed by atoms with Crippen LogP contribution >= 0.6 is 0 Å². The Morgan fingerprint density at radius 2 is 2.20 bits per heavy atom. The summed E-state index contributed by atoms with van der Waals surface area (Å²) in [5, 5.41) is 9.68. The van der Waals surface area contributed by atoms with Crippen molar-refractivity contribution in [1.29, 1.82) is 0 Å². The van der Waals surface area contributed by atoms with Crippen molar-refractivity contribution in [2.24, 2.45) is 7.05 Å². The van der Waals surface area contributed by atoms with Gasteiger partial charge in [0.25, 0.3) is 5.91 Å². The molecule has 1 aromatic carbocycles. The number of aromatic nitrogens is 2. The molecule has 6 heteroatoms. The van der Waals surface area contributed by atoms with Crippen molar-refractivity contribution in [1.82, 2.24) is 15.1 Å². The Hall–Kier alpha value is -2.37. The Morgan fingerprint density at radius 3 is 2.80 bits per heavy atom. The van der Waals surface area contributed by atoms with Crippen molar-refractivity contribution in [2.75, 3.05) is 12.4 Å². The van der Waals surface area contributed by atoms with Crippen molar-refractivity contribution in [3.63, 3.8) is 0 Å². The predicted molar refractivity (Wildman–Crippen MR) is 75.1 cm³/mol. The normalized spacial score (nSPS) is 10.4. The number of aryl methyl sites for hydroxylation is 2. The van der Waals surface area contributed by atoms with E-state index in [-0.39, 0.29) is 17.2 Å². The summed E-state index contributed by atoms with van der Waals surface area (Å²) in [7, 11) is 3.41. The molecule has 0 atom stereocenters. The SMILES string of the molecule is CNc1c(F)cccc1C(=O)NCc1cn(C)nc1C. The monoisotopic (exact) mass is 276 g/mol. The van der Waals surface area contributed by atoms with Crippen LogP contribution in [0.25, 0.3) is 0 Å². The van der Waals surface area contributed by atoms with Crippen LogP contribution in [0, 0.1) is 12.7 Å². The summed E-state index contributed by atoms with van der Waals surface area (Å²) < 4.78 is 15.3. The summed E-state index contributed by atoms with van der Waals surface area (Å²) in [5.41, 5.74) is 2.28. The zero-order valence-electron chi connectivity index (χ0n) is 11.7. The fourth-order valence-electron chi connectivity index (χ4n) is 2.06. The summed E-state index contributed by atoms with van der Waals surface area (Å²) in [6.07, 6.45) is 1.85. The largest absolute Gasteiger partial charge is 0.385 e. The number of rotatable bonds is 4. The topological polar surface area (TPSA) is 59.0 Å². The zero-order chi connectivity index (χ0) is 14.7. The Morgan fingerprint density at radius 1 is 1.45 bits per heavy atom. The number of nitrogens with one attached hydrogen (secondary N) is 2. The van der Waals surface area contributed by atoms with Crippen LogP contribution in [0.1, 0.15) is 21.6 Å². The van der Waals surface area contributed by atoms with E-state index in [2.05, 4.69) is 15.7 Å². The van der Waals surface area contributed by atoms with Gasteiger partial charge in [0, 0.05) is 32.4 Å². The van der Waals surface area contributed by atoms with Crippen LogP contribution in [0.15, 0.2) is 24.4 Å². The maximum absolute atomic E-state index is 13.6. The second-order valence-electron chi connectivity index (χ2n) is 4.51. The lowest BCUT2D eigenvalue weighted by atomic mass is 10.1. The number of halogens is 1. The van der Waals surface area contributed by atoms with E-state index in [0.29, 0.717) is 6.54 Å². The first kappa shape index (κ1) is 14.0. The minimum atomic E-state index is -0.447. The molecule has 0 radical (unpaired) electrons. The molecule has 0 saturated carbocycles. The van der Waals surface area contributed by atoms with Gasteiger partial charge >= 0.3 is 0 Å². The highest BCUT2D eigenvalue weighted by Gasteiger charge is 2.14. The lowest BCUT2D eigenvalue weighted by Gasteiger charge is -2.10. The molecule has 0 spiro atoms. The zero-order valence-corrected chi connectivity index (χ0v) is 11.7. The summed E-state index contributed by atoms with van der Waals surface area (Å²) in [6, 6.07) is 4.41. The molecule has 2 N–H and O–H groups in total. The molecule has 0 unspecified atom stereocenters. The average Bonchev–Trinajstić information content (AvgIpc) is 2.74. The quantitative estimate of drug-likeness (QED) is 0.896. The lowest BCUT2D eigenvalue weighted by Crippen LogP contribution is -2.24. The van der Waals surface area contributed by atoms with Crippen LogP contribution in [0.5, 0.6) is 0 Å². The first-order valence-electron chi connectivity index (χ1n) is 6.26. The van der Waals surface area contributed by atoms with Crippen molar-refractivity contribution in [3.05, 3.63) is 47.0 Å². The van der Waals surface area contributed by atoms with Gasteiger partial charge in [0.2, 0.25) is 0 Å². The molecule has 0 aliphatic heterocycles. The highest BCUT2D eigenvalue weighted by molar-refractivity contribution is 5.99. The molecule has 1 amide bonds. The third-order valence-corrected chi connectivity index (χ3v) is 3.06. The van der Waals surface area contributed by atoms with Crippen LogP contribution < -0.4 is 10.6 Å². The Labute approximate surface area is 116 Å². The highest BCUT2D eigenvalue weighted by atomic mass is 19.1. The number of anilines is 1. The minimum Gasteiger partial charge on any atom is -0.385 e. The van der Waals surface area contributed by atoms with E-state index in [0.717, 1.165) is 11.3 Å². The molecule has 20 heavy (non-hydrogen) atoms. The van der Waals surface area contributed by atoms with Crippen LogP contribution in [0.4, 0.5) is 10.1 Å². The lowest BCUT2D eigenvalue weighted by molar-refractivity contribution is 0.0951. The summed E-state index contributed by atoms with van der Waals surface area (Å²) in [4.78, 5) is 12.1. The average molecular weight is 276 g/mol. The van der Waals surface area contributed by atoms with Gasteiger partial charge < -0.3 is 10.6 Å². The van der Waals surface area contributed by atoms with E-state index < -0.39 is 5.82 Å². The van der Waals surface area contributed by atoms with Crippen LogP contribution in [-0.2, 0) is 13.6 Å². The van der Waals surface area contributed by atoms with Crippen LogP contribution in [0.2, 0.25) is 0 Å². The van der Waals surface area contributed by atoms with Gasteiger partial charge in [0.05, 0.1) is 16.9 Å². The number of carbonyl (C=O) groups is 1. The minimum absolute atomic E-state index is 0.202. The van der Waals surface area contributed by atoms with E-state index in [1.807, 2.05) is 20.2 Å². The summed E-state index contributed by atoms with van der Waals surface area (Å²) >= 11 is 0. The molecule has 0 saturated heterocycles. The standard InChI is InChI=1S/C14H17FN4O/c1-9-10(8-19(3)18-9)7-17-14(20)11-5-4-6-12(15)13(11)16-2/h4-6,8,16H,7H2,1-3H3,(H,17,20). The van der Waals surface area contributed by atoms with Crippen molar-refractivity contribution in [3.8, 4) is 0 Å². The number of nitrogens with zero attached hydrogens (tertiary/aromatic N) is 2. The molecule has 1 heterocycles. The van der Waals surface area contributed by atoms with E-state index in [4.69, 9.17) is 0 Å². The third kappa shape index (κ3) is 2.79. The van der Waals surface area contributed by atoms with Crippen molar-refractivity contribution >= 4 is 11.6 Å². The van der Waals surface area contributed by atoms with Gasteiger partial charge in [-0.1, -0.05) is 6.07 Å². The van der Waals surface area contributed by atoms with Gasteiger partial charge in [-0.05, 0) is 19.1 Å². The Bertz CT molecular complexity index is 636. The first-order chi connectivity index (χ1) is 9.52. The molecule has 106 valence electrons. The van der Waals surface area contributed by atoms with Crippen molar-refractivity contribution in [2.45, 2.75) is 13.5 Å². The van der Waals surface area contributed by atoms with E-state index in [1.54, 1.807) is 17.8 Å². The van der Waals surface area contributed by atoms with Gasteiger partial charge in [0.15, 0.2) is 0 Å². The molecule has 2 aromatic rings. The Kier molecular flexibility index (Phi) is 4.02. The molecular weight excluding hydrogens is 259 g/mol. The number of hydrogen-bond donors (Lipinski definition) is 2. The summed E-state index contributed by atoms with van der Waals surface area (Å²) in [6.45, 7) is 2.24. The second-order valence-corrected chi connectivity index (χ2v) is 4.51. The second kappa shape index (κ2) is 5.73. The molecule has 0 bridgehead atoms. The molecule has 0 fully saturated rings. The highest BCUT2D eigenvalue weighted by Crippen LogP contribution is 2.19. The number of carbonyl (C=O) groups excluding carboxylic acids is 1. The van der Waals surface area contributed by atoms with Gasteiger partial charge in [0.1, 0.15) is 5.82 Å². The van der Waals surface area contributed by atoms with Gasteiger partial charge in [-0.15, -0.1) is 0 Å². The van der Waals surface area contributed by atoms with Gasteiger partial charge in [-0.2, -0.15) is 5.10 Å². The molecule has 0 aliphatic rings. The molecule has 5 nitrogen and oxygen atoms in total.